The van der Waals surface area contributed by atoms with Crippen LogP contribution in [0.2, 0.25) is 0 Å². The van der Waals surface area contributed by atoms with Crippen molar-refractivity contribution in [3.63, 3.8) is 0 Å². The molecule has 37 heavy (non-hydrogen) atoms. The Balaban J connectivity index is 2.01. The van der Waals surface area contributed by atoms with E-state index in [0.717, 1.165) is 22.3 Å². The van der Waals surface area contributed by atoms with Crippen molar-refractivity contribution in [2.75, 3.05) is 26.2 Å². The summed E-state index contributed by atoms with van der Waals surface area (Å²) in [6.07, 6.45) is 3.63. The summed E-state index contributed by atoms with van der Waals surface area (Å²) >= 11 is 0. The van der Waals surface area contributed by atoms with Crippen molar-refractivity contribution in [2.45, 2.75) is 25.9 Å². The molecule has 0 unspecified atom stereocenters. The van der Waals surface area contributed by atoms with Crippen molar-refractivity contribution < 1.29 is 9.59 Å². The maximum atomic E-state index is 12.9. The van der Waals surface area contributed by atoms with Gasteiger partial charge in [0.25, 0.3) is 0 Å². The van der Waals surface area contributed by atoms with Crippen molar-refractivity contribution in [3.05, 3.63) is 71.8 Å². The Morgan fingerprint density at radius 1 is 0.784 bits per heavy atom. The van der Waals surface area contributed by atoms with Gasteiger partial charge in [0.2, 0.25) is 11.8 Å². The van der Waals surface area contributed by atoms with Gasteiger partial charge in [0.1, 0.15) is 0 Å². The number of hydrogen-bond acceptors (Lipinski definition) is 5. The number of guanidine groups is 2. The summed E-state index contributed by atoms with van der Waals surface area (Å²) in [5, 5.41) is 2.69. The quantitative estimate of drug-likeness (QED) is 0.0902. The molecule has 0 aliphatic heterocycles. The molecule has 2 aromatic rings. The molecule has 0 spiro atoms. The van der Waals surface area contributed by atoms with E-state index in [0.29, 0.717) is 52.1 Å². The van der Waals surface area contributed by atoms with Crippen LogP contribution >= 0.6 is 0 Å². The molecular formula is C26H37N9O2. The fraction of sp³-hybridized carbons (Fsp3) is 0.308. The third kappa shape index (κ3) is 11.3. The van der Waals surface area contributed by atoms with E-state index in [1.165, 1.54) is 12.2 Å². The summed E-state index contributed by atoms with van der Waals surface area (Å²) in [6, 6.07) is 16.1. The molecule has 11 N–H and O–H groups in total. The minimum atomic E-state index is -0.372. The molecule has 0 aliphatic rings. The minimum Gasteiger partial charge on any atom is -0.370 e. The summed E-state index contributed by atoms with van der Waals surface area (Å²) in [4.78, 5) is 34.4. The normalized spacial score (nSPS) is 10.6. The Kier molecular flexibility index (Phi) is 12.2. The van der Waals surface area contributed by atoms with Crippen LogP contribution in [0.15, 0.2) is 70.7 Å². The highest BCUT2D eigenvalue weighted by atomic mass is 16.2. The molecule has 2 rings (SSSR count). The molecule has 0 radical (unpaired) electrons. The number of benzene rings is 2. The highest BCUT2D eigenvalue weighted by Crippen LogP contribution is 2.21. The molecule has 0 saturated carbocycles. The third-order valence-electron chi connectivity index (χ3n) is 5.35. The lowest BCUT2D eigenvalue weighted by Crippen LogP contribution is -2.31. The topological polar surface area (TPSA) is 204 Å². The third-order valence-corrected chi connectivity index (χ3v) is 5.35. The fourth-order valence-corrected chi connectivity index (χ4v) is 3.40. The number of rotatable bonds is 14. The number of carbonyl (C=O) groups is 2. The van der Waals surface area contributed by atoms with Crippen LogP contribution in [0, 0.1) is 0 Å². The molecule has 0 aliphatic carbocycles. The van der Waals surface area contributed by atoms with Gasteiger partial charge in [-0.3, -0.25) is 19.6 Å². The standard InChI is InChI=1S/C26H37N9O2/c27-17-19-3-7-21(8-4-19)22-9-5-20(6-10-22)18-35(16-2-15-34-26(30)31)24(37)12-11-23(36)32-13-1-14-33-25(28)29/h3-12H,1-2,13-18,27H2,(H,32,36)(H4,28,29,33)(H4,30,31,34)/b12-11+. The van der Waals surface area contributed by atoms with E-state index in [1.807, 2.05) is 48.5 Å². The first-order valence-electron chi connectivity index (χ1n) is 12.0. The van der Waals surface area contributed by atoms with Crippen LogP contribution in [0.1, 0.15) is 24.0 Å². The average molecular weight is 508 g/mol. The maximum Gasteiger partial charge on any atom is 0.247 e. The first kappa shape index (κ1) is 28.9. The van der Waals surface area contributed by atoms with Crippen molar-refractivity contribution >= 4 is 23.7 Å². The SMILES string of the molecule is NCc1ccc(-c2ccc(CN(CCCN=C(N)N)C(=O)/C=C/C(=O)NCCCN=C(N)N)cc2)cc1. The van der Waals surface area contributed by atoms with Gasteiger partial charge >= 0.3 is 0 Å². The van der Waals surface area contributed by atoms with E-state index in [-0.39, 0.29) is 23.7 Å². The Morgan fingerprint density at radius 2 is 1.32 bits per heavy atom. The average Bonchev–Trinajstić information content (AvgIpc) is 2.89. The number of nitrogens with zero attached hydrogens (tertiary/aromatic N) is 3. The lowest BCUT2D eigenvalue weighted by Gasteiger charge is -2.21. The van der Waals surface area contributed by atoms with E-state index in [2.05, 4.69) is 15.3 Å². The van der Waals surface area contributed by atoms with Crippen LogP contribution < -0.4 is 34.0 Å². The van der Waals surface area contributed by atoms with Crippen molar-refractivity contribution in [2.24, 2.45) is 38.7 Å². The Hall–Kier alpha value is -4.38. The van der Waals surface area contributed by atoms with Gasteiger partial charge in [-0.25, -0.2) is 0 Å². The summed E-state index contributed by atoms with van der Waals surface area (Å²) in [6.45, 7) is 2.48. The number of nitrogens with two attached hydrogens (primary N) is 5. The number of carbonyl (C=O) groups excluding carboxylic acids is 2. The highest BCUT2D eigenvalue weighted by molar-refractivity contribution is 5.96. The Bertz CT molecular complexity index is 1090. The van der Waals surface area contributed by atoms with Gasteiger partial charge in [0.15, 0.2) is 11.9 Å². The second-order valence-electron chi connectivity index (χ2n) is 8.30. The first-order chi connectivity index (χ1) is 17.8. The van der Waals surface area contributed by atoms with Gasteiger partial charge < -0.3 is 38.9 Å². The van der Waals surface area contributed by atoms with Gasteiger partial charge in [0, 0.05) is 51.4 Å². The van der Waals surface area contributed by atoms with Crippen LogP contribution in [-0.4, -0.2) is 54.8 Å². The number of nitrogens with one attached hydrogen (secondary N) is 1. The first-order valence-corrected chi connectivity index (χ1v) is 12.0. The van der Waals surface area contributed by atoms with Crippen LogP contribution in [0.4, 0.5) is 0 Å². The summed E-state index contributed by atoms with van der Waals surface area (Å²) in [5.74, 6) is -0.651. The van der Waals surface area contributed by atoms with Crippen LogP contribution in [-0.2, 0) is 22.7 Å². The molecule has 2 amide bonds. The van der Waals surface area contributed by atoms with E-state index in [1.54, 1.807) is 4.90 Å². The predicted octanol–water partition coefficient (Wildman–Crippen LogP) is 0.140. The molecule has 0 fully saturated rings. The van der Waals surface area contributed by atoms with Crippen molar-refractivity contribution in [1.29, 1.82) is 0 Å². The smallest absolute Gasteiger partial charge is 0.247 e. The van der Waals surface area contributed by atoms with Gasteiger partial charge in [0.05, 0.1) is 0 Å². The molecule has 0 bridgehead atoms. The van der Waals surface area contributed by atoms with Gasteiger partial charge in [-0.05, 0) is 35.1 Å². The molecule has 0 aromatic heterocycles. The van der Waals surface area contributed by atoms with Crippen LogP contribution in [0.3, 0.4) is 0 Å². The Labute approximate surface area is 217 Å². The lowest BCUT2D eigenvalue weighted by atomic mass is 10.0. The van der Waals surface area contributed by atoms with Gasteiger partial charge in [-0.2, -0.15) is 0 Å². The molecule has 198 valence electrons. The molecule has 0 heterocycles. The zero-order chi connectivity index (χ0) is 27.0. The number of hydrogen-bond donors (Lipinski definition) is 6. The summed E-state index contributed by atoms with van der Waals surface area (Å²) in [5.41, 5.74) is 31.2. The summed E-state index contributed by atoms with van der Waals surface area (Å²) < 4.78 is 0. The second kappa shape index (κ2) is 15.6. The van der Waals surface area contributed by atoms with Crippen LogP contribution in [0.5, 0.6) is 0 Å². The largest absolute Gasteiger partial charge is 0.370 e. The van der Waals surface area contributed by atoms with Gasteiger partial charge in [-0.1, -0.05) is 48.5 Å². The van der Waals surface area contributed by atoms with Crippen molar-refractivity contribution in [1.82, 2.24) is 10.2 Å². The number of aliphatic imine (C=N–C) groups is 2. The zero-order valence-electron chi connectivity index (χ0n) is 21.0. The van der Waals surface area contributed by atoms with Gasteiger partial charge in [-0.15, -0.1) is 0 Å². The van der Waals surface area contributed by atoms with E-state index in [9.17, 15) is 9.59 Å². The van der Waals surface area contributed by atoms with Crippen LogP contribution in [0.25, 0.3) is 11.1 Å². The van der Waals surface area contributed by atoms with E-state index in [4.69, 9.17) is 28.7 Å². The molecule has 2 aromatic carbocycles. The summed E-state index contributed by atoms with van der Waals surface area (Å²) in [7, 11) is 0. The molecule has 0 saturated heterocycles. The lowest BCUT2D eigenvalue weighted by molar-refractivity contribution is -0.127. The maximum absolute atomic E-state index is 12.9. The van der Waals surface area contributed by atoms with Crippen molar-refractivity contribution in [3.8, 4) is 11.1 Å². The molecule has 0 atom stereocenters. The van der Waals surface area contributed by atoms with E-state index >= 15 is 0 Å². The Morgan fingerprint density at radius 3 is 1.86 bits per heavy atom. The van der Waals surface area contributed by atoms with E-state index < -0.39 is 0 Å². The zero-order valence-corrected chi connectivity index (χ0v) is 21.0. The molecular weight excluding hydrogens is 470 g/mol. The molecule has 11 nitrogen and oxygen atoms in total. The highest BCUT2D eigenvalue weighted by Gasteiger charge is 2.12. The minimum absolute atomic E-state index is 0.00404. The predicted molar refractivity (Wildman–Crippen MR) is 148 cm³/mol. The number of amides is 2. The monoisotopic (exact) mass is 507 g/mol. The molecule has 11 heteroatoms. The second-order valence-corrected chi connectivity index (χ2v) is 8.30. The fourth-order valence-electron chi connectivity index (χ4n) is 3.40.